The third-order valence-corrected chi connectivity index (χ3v) is 4.88. The van der Waals surface area contributed by atoms with E-state index in [1.165, 1.54) is 6.07 Å². The molecule has 2 rings (SSSR count). The average molecular weight is 484 g/mol. The molecule has 7 nitrogen and oxygen atoms in total. The number of carboxylic acid groups (broad SMARTS) is 1. The molecule has 2 aromatic rings. The molecule has 0 saturated heterocycles. The predicted molar refractivity (Wildman–Crippen MR) is 124 cm³/mol. The van der Waals surface area contributed by atoms with E-state index in [0.29, 0.717) is 34.5 Å². The second-order valence-electron chi connectivity index (χ2n) is 7.23. The van der Waals surface area contributed by atoms with Gasteiger partial charge in [-0.1, -0.05) is 35.3 Å². The highest BCUT2D eigenvalue weighted by atomic mass is 35.5. The smallest absolute Gasteiger partial charge is 0.411 e. The molecule has 0 saturated carbocycles. The van der Waals surface area contributed by atoms with Crippen molar-refractivity contribution < 1.29 is 28.9 Å². The van der Waals surface area contributed by atoms with Crippen molar-refractivity contribution in [1.29, 1.82) is 0 Å². The Balaban J connectivity index is 2.02. The molecule has 2 aromatic carbocycles. The van der Waals surface area contributed by atoms with Gasteiger partial charge in [-0.25, -0.2) is 9.59 Å². The van der Waals surface area contributed by atoms with E-state index in [2.05, 4.69) is 5.32 Å². The van der Waals surface area contributed by atoms with E-state index >= 15 is 0 Å². The summed E-state index contributed by atoms with van der Waals surface area (Å²) in [5, 5.41) is 12.7. The molecule has 1 atom stereocenters. The van der Waals surface area contributed by atoms with Crippen LogP contribution in [0, 0.1) is 0 Å². The number of halogens is 2. The standard InChI is InChI=1S/C23H27Cl2NO6/c1-4-30-20-8-5-15(12-21(22(27)28)32-14(2)3)11-16(20)9-10-31-23(29)26-19-7-6-17(24)13-18(19)25/h5-8,11,13-14,21H,4,9-10,12H2,1-3H3,(H,26,29)(H,27,28). The molecule has 0 spiro atoms. The second-order valence-corrected chi connectivity index (χ2v) is 8.07. The topological polar surface area (TPSA) is 94.1 Å². The number of nitrogens with one attached hydrogen (secondary N) is 1. The molecular weight excluding hydrogens is 457 g/mol. The van der Waals surface area contributed by atoms with Crippen LogP contribution in [-0.4, -0.2) is 42.6 Å². The quantitative estimate of drug-likeness (QED) is 0.431. The first-order valence-corrected chi connectivity index (χ1v) is 11.0. The minimum absolute atomic E-state index is 0.0887. The first-order valence-electron chi connectivity index (χ1n) is 10.2. The number of carboxylic acids is 1. The summed E-state index contributed by atoms with van der Waals surface area (Å²) in [4.78, 5) is 23.6. The summed E-state index contributed by atoms with van der Waals surface area (Å²) in [6, 6.07) is 10.2. The third kappa shape index (κ3) is 8.22. The Morgan fingerprint density at radius 3 is 2.50 bits per heavy atom. The third-order valence-electron chi connectivity index (χ3n) is 4.33. The number of carbonyl (C=O) groups is 2. The normalized spacial score (nSPS) is 11.8. The summed E-state index contributed by atoms with van der Waals surface area (Å²) in [7, 11) is 0. The highest BCUT2D eigenvalue weighted by molar-refractivity contribution is 6.36. The van der Waals surface area contributed by atoms with Gasteiger partial charge in [0.2, 0.25) is 0 Å². The lowest BCUT2D eigenvalue weighted by Crippen LogP contribution is -2.29. The van der Waals surface area contributed by atoms with Gasteiger partial charge in [-0.05, 0) is 56.2 Å². The lowest BCUT2D eigenvalue weighted by Gasteiger charge is -2.18. The van der Waals surface area contributed by atoms with Gasteiger partial charge in [0.25, 0.3) is 0 Å². The monoisotopic (exact) mass is 483 g/mol. The van der Waals surface area contributed by atoms with Crippen LogP contribution in [0.25, 0.3) is 0 Å². The summed E-state index contributed by atoms with van der Waals surface area (Å²) in [6.07, 6.45) is -1.22. The molecule has 0 heterocycles. The van der Waals surface area contributed by atoms with Crippen molar-refractivity contribution in [3.05, 3.63) is 57.6 Å². The van der Waals surface area contributed by atoms with Crippen LogP contribution in [0.5, 0.6) is 5.75 Å². The molecule has 1 unspecified atom stereocenters. The highest BCUT2D eigenvalue weighted by Gasteiger charge is 2.21. The van der Waals surface area contributed by atoms with Gasteiger partial charge in [-0.2, -0.15) is 0 Å². The van der Waals surface area contributed by atoms with E-state index in [1.807, 2.05) is 19.1 Å². The molecule has 0 fully saturated rings. The number of hydrogen-bond acceptors (Lipinski definition) is 5. The molecule has 0 aliphatic rings. The summed E-state index contributed by atoms with van der Waals surface area (Å²) in [6.45, 7) is 6.01. The molecule has 0 aliphatic carbocycles. The van der Waals surface area contributed by atoms with E-state index in [0.717, 1.165) is 11.1 Å². The molecular formula is C23H27Cl2NO6. The lowest BCUT2D eigenvalue weighted by molar-refractivity contribution is -0.153. The van der Waals surface area contributed by atoms with Gasteiger partial charge in [-0.15, -0.1) is 0 Å². The van der Waals surface area contributed by atoms with E-state index in [-0.39, 0.29) is 19.1 Å². The summed E-state index contributed by atoms with van der Waals surface area (Å²) in [5.74, 6) is -0.368. The number of anilines is 1. The van der Waals surface area contributed by atoms with Gasteiger partial charge in [-0.3, -0.25) is 5.32 Å². The van der Waals surface area contributed by atoms with Crippen LogP contribution in [0.3, 0.4) is 0 Å². The van der Waals surface area contributed by atoms with Crippen LogP contribution in [0.4, 0.5) is 10.5 Å². The SMILES string of the molecule is CCOc1ccc(CC(OC(C)C)C(=O)O)cc1CCOC(=O)Nc1ccc(Cl)cc1Cl. The molecule has 0 aliphatic heterocycles. The Morgan fingerprint density at radius 2 is 1.88 bits per heavy atom. The van der Waals surface area contributed by atoms with Gasteiger partial charge in [0.1, 0.15) is 5.75 Å². The lowest BCUT2D eigenvalue weighted by atomic mass is 10.0. The largest absolute Gasteiger partial charge is 0.494 e. The van der Waals surface area contributed by atoms with Gasteiger partial charge in [0.05, 0.1) is 30.0 Å². The number of hydrogen-bond donors (Lipinski definition) is 2. The van der Waals surface area contributed by atoms with E-state index in [9.17, 15) is 14.7 Å². The molecule has 174 valence electrons. The molecule has 32 heavy (non-hydrogen) atoms. The number of carbonyl (C=O) groups excluding carboxylic acids is 1. The van der Waals surface area contributed by atoms with Crippen molar-refractivity contribution in [1.82, 2.24) is 0 Å². The second kappa shape index (κ2) is 12.5. The van der Waals surface area contributed by atoms with Gasteiger partial charge in [0, 0.05) is 17.9 Å². The number of benzene rings is 2. The van der Waals surface area contributed by atoms with Crippen molar-refractivity contribution in [3.63, 3.8) is 0 Å². The van der Waals surface area contributed by atoms with Crippen molar-refractivity contribution in [2.45, 2.75) is 45.8 Å². The zero-order chi connectivity index (χ0) is 23.7. The van der Waals surface area contributed by atoms with Gasteiger partial charge < -0.3 is 19.3 Å². The summed E-state index contributed by atoms with van der Waals surface area (Å²) in [5.41, 5.74) is 1.98. The molecule has 0 aromatic heterocycles. The predicted octanol–water partition coefficient (Wildman–Crippen LogP) is 5.60. The minimum Gasteiger partial charge on any atom is -0.494 e. The summed E-state index contributed by atoms with van der Waals surface area (Å²) < 4.78 is 16.4. The molecule has 1 amide bonds. The Bertz CT molecular complexity index is 935. The fourth-order valence-corrected chi connectivity index (χ4v) is 3.43. The number of ether oxygens (including phenoxy) is 3. The average Bonchev–Trinajstić information content (AvgIpc) is 2.71. The Hall–Kier alpha value is -2.48. The van der Waals surface area contributed by atoms with E-state index in [1.54, 1.807) is 32.0 Å². The first-order chi connectivity index (χ1) is 15.2. The fourth-order valence-electron chi connectivity index (χ4n) is 2.98. The maximum absolute atomic E-state index is 12.1. The van der Waals surface area contributed by atoms with Crippen LogP contribution in [0.2, 0.25) is 10.0 Å². The fraction of sp³-hybridized carbons (Fsp3) is 0.391. The molecule has 0 radical (unpaired) electrons. The van der Waals surface area contributed by atoms with Crippen molar-refractivity contribution in [2.75, 3.05) is 18.5 Å². The van der Waals surface area contributed by atoms with Crippen molar-refractivity contribution >= 4 is 41.0 Å². The maximum atomic E-state index is 12.1. The van der Waals surface area contributed by atoms with Crippen LogP contribution >= 0.6 is 23.2 Å². The van der Waals surface area contributed by atoms with Crippen molar-refractivity contribution in [2.24, 2.45) is 0 Å². The van der Waals surface area contributed by atoms with Crippen LogP contribution in [-0.2, 0) is 27.1 Å². The van der Waals surface area contributed by atoms with Crippen molar-refractivity contribution in [3.8, 4) is 5.75 Å². The molecule has 9 heteroatoms. The van der Waals surface area contributed by atoms with E-state index < -0.39 is 18.2 Å². The zero-order valence-electron chi connectivity index (χ0n) is 18.2. The highest BCUT2D eigenvalue weighted by Crippen LogP contribution is 2.26. The number of rotatable bonds is 11. The Kier molecular flexibility index (Phi) is 10.1. The van der Waals surface area contributed by atoms with E-state index in [4.69, 9.17) is 37.4 Å². The Labute approximate surface area is 197 Å². The number of amides is 1. The van der Waals surface area contributed by atoms with Crippen LogP contribution in [0.1, 0.15) is 31.9 Å². The Morgan fingerprint density at radius 1 is 1.12 bits per heavy atom. The van der Waals surface area contributed by atoms with Crippen LogP contribution < -0.4 is 10.1 Å². The summed E-state index contributed by atoms with van der Waals surface area (Å²) >= 11 is 11.9. The molecule has 0 bridgehead atoms. The van der Waals surface area contributed by atoms with Gasteiger partial charge in [0.15, 0.2) is 6.10 Å². The molecule has 2 N–H and O–H groups in total. The first kappa shape index (κ1) is 25.8. The zero-order valence-corrected chi connectivity index (χ0v) is 19.7. The minimum atomic E-state index is -1.02. The van der Waals surface area contributed by atoms with Gasteiger partial charge >= 0.3 is 12.1 Å². The number of aliphatic carboxylic acids is 1. The maximum Gasteiger partial charge on any atom is 0.411 e. The van der Waals surface area contributed by atoms with Crippen LogP contribution in [0.15, 0.2) is 36.4 Å².